The number of fused-ring (bicyclic) bond motifs is 2. The van der Waals surface area contributed by atoms with E-state index in [1.54, 1.807) is 17.7 Å². The zero-order valence-electron chi connectivity index (χ0n) is 16.0. The number of benzene rings is 2. The number of anilines is 3. The van der Waals surface area contributed by atoms with E-state index in [1.807, 2.05) is 36.7 Å². The van der Waals surface area contributed by atoms with Gasteiger partial charge in [0.25, 0.3) is 0 Å². The molecule has 0 fully saturated rings. The average Bonchev–Trinajstić information content (AvgIpc) is 3.35. The lowest BCUT2D eigenvalue weighted by molar-refractivity contribution is 0.958. The molecule has 0 radical (unpaired) electrons. The van der Waals surface area contributed by atoms with Gasteiger partial charge in [-0.25, -0.2) is 15.0 Å². The molecule has 5 rings (SSSR count). The summed E-state index contributed by atoms with van der Waals surface area (Å²) in [5, 5.41) is 8.88. The summed E-state index contributed by atoms with van der Waals surface area (Å²) in [6, 6.07) is 18.6. The van der Waals surface area contributed by atoms with E-state index in [0.717, 1.165) is 51.7 Å². The Labute approximate surface area is 172 Å². The van der Waals surface area contributed by atoms with Crippen LogP contribution in [0.2, 0.25) is 0 Å². The van der Waals surface area contributed by atoms with E-state index in [1.165, 1.54) is 5.56 Å². The van der Waals surface area contributed by atoms with Crippen LogP contribution in [0.4, 0.5) is 17.5 Å². The Morgan fingerprint density at radius 3 is 2.69 bits per heavy atom. The number of thiophene rings is 1. The first-order valence-electron chi connectivity index (χ1n) is 9.47. The molecule has 5 aromatic rings. The highest BCUT2D eigenvalue weighted by molar-refractivity contribution is 7.17. The molecule has 3 aromatic heterocycles. The van der Waals surface area contributed by atoms with Crippen molar-refractivity contribution in [3.05, 3.63) is 71.9 Å². The normalized spacial score (nSPS) is 11.2. The first kappa shape index (κ1) is 17.6. The minimum atomic E-state index is 0.821. The molecule has 2 N–H and O–H groups in total. The van der Waals surface area contributed by atoms with Crippen LogP contribution >= 0.6 is 11.3 Å². The molecule has 0 bridgehead atoms. The number of aromatic nitrogens is 4. The van der Waals surface area contributed by atoms with Crippen LogP contribution in [0, 0.1) is 0 Å². The largest absolute Gasteiger partial charge is 0.368 e. The summed E-state index contributed by atoms with van der Waals surface area (Å²) < 4.78 is 3.18. The van der Waals surface area contributed by atoms with Crippen molar-refractivity contribution in [1.29, 1.82) is 0 Å². The van der Waals surface area contributed by atoms with Crippen LogP contribution in [-0.2, 0) is 13.5 Å². The predicted octanol–water partition coefficient (Wildman–Crippen LogP) is 4.98. The topological polar surface area (TPSA) is 67.7 Å². The minimum absolute atomic E-state index is 0.821. The van der Waals surface area contributed by atoms with Gasteiger partial charge in [0.15, 0.2) is 0 Å². The lowest BCUT2D eigenvalue weighted by Gasteiger charge is -2.09. The maximum atomic E-state index is 4.66. The number of hydrogen-bond acceptors (Lipinski definition) is 6. The third-order valence-corrected chi connectivity index (χ3v) is 5.86. The fourth-order valence-electron chi connectivity index (χ4n) is 3.38. The summed E-state index contributed by atoms with van der Waals surface area (Å²) in [6.45, 7) is 0.821. The molecule has 0 saturated carbocycles. The van der Waals surface area contributed by atoms with Crippen molar-refractivity contribution in [3.63, 3.8) is 0 Å². The first-order chi connectivity index (χ1) is 14.3. The van der Waals surface area contributed by atoms with Crippen LogP contribution in [0.25, 0.3) is 21.3 Å². The molecular weight excluding hydrogens is 380 g/mol. The molecule has 29 heavy (non-hydrogen) atoms. The van der Waals surface area contributed by atoms with E-state index in [9.17, 15) is 0 Å². The average molecular weight is 401 g/mol. The smallest absolute Gasteiger partial charge is 0.208 e. The predicted molar refractivity (Wildman–Crippen MR) is 120 cm³/mol. The van der Waals surface area contributed by atoms with Crippen LogP contribution in [-0.4, -0.2) is 26.1 Å². The van der Waals surface area contributed by atoms with Crippen molar-refractivity contribution in [3.8, 4) is 0 Å². The fraction of sp³-hybridized carbons (Fsp3) is 0.136. The molecule has 0 aliphatic rings. The van der Waals surface area contributed by atoms with Crippen molar-refractivity contribution in [2.24, 2.45) is 7.05 Å². The molecule has 0 atom stereocenters. The highest BCUT2D eigenvalue weighted by atomic mass is 32.1. The summed E-state index contributed by atoms with van der Waals surface area (Å²) in [4.78, 5) is 13.3. The number of hydrogen-bond donors (Lipinski definition) is 2. The lowest BCUT2D eigenvalue weighted by atomic mass is 10.1. The summed E-state index contributed by atoms with van der Waals surface area (Å²) in [7, 11) is 2.02. The molecule has 0 aliphatic heterocycles. The van der Waals surface area contributed by atoms with Gasteiger partial charge in [-0.1, -0.05) is 24.3 Å². The Morgan fingerprint density at radius 1 is 0.966 bits per heavy atom. The second-order valence-corrected chi connectivity index (χ2v) is 7.76. The highest BCUT2D eigenvalue weighted by Gasteiger charge is 2.07. The summed E-state index contributed by atoms with van der Waals surface area (Å²) in [6.07, 6.45) is 2.53. The third kappa shape index (κ3) is 3.52. The molecular formula is C22H20N6S. The Morgan fingerprint density at radius 2 is 1.83 bits per heavy atom. The van der Waals surface area contributed by atoms with Crippen LogP contribution in [0.5, 0.6) is 0 Å². The van der Waals surface area contributed by atoms with Gasteiger partial charge in [-0.3, -0.25) is 0 Å². The van der Waals surface area contributed by atoms with E-state index in [4.69, 9.17) is 0 Å². The third-order valence-electron chi connectivity index (χ3n) is 4.95. The van der Waals surface area contributed by atoms with Gasteiger partial charge in [0.2, 0.25) is 5.95 Å². The number of aryl methyl sites for hydroxylation is 1. The molecule has 0 unspecified atom stereocenters. The van der Waals surface area contributed by atoms with Gasteiger partial charge in [0.05, 0.1) is 21.3 Å². The zero-order chi connectivity index (χ0) is 19.6. The quantitative estimate of drug-likeness (QED) is 0.421. The summed E-state index contributed by atoms with van der Waals surface area (Å²) in [5.41, 5.74) is 5.39. The summed E-state index contributed by atoms with van der Waals surface area (Å²) >= 11 is 1.66. The Bertz CT molecular complexity index is 1270. The van der Waals surface area contributed by atoms with Crippen LogP contribution in [0.3, 0.4) is 0 Å². The summed E-state index contributed by atoms with van der Waals surface area (Å²) in [5.74, 6) is 1.74. The standard InChI is InChI=1S/C22H20N6S/c1-28-19-5-3-2-4-17(19)27-22(28)26-16-8-6-15(7-9-16)10-12-23-21-20-18(11-13-29-20)24-14-25-21/h2-9,11,13-14H,10,12H2,1H3,(H,26,27)(H,23,24,25). The van der Waals surface area contributed by atoms with Crippen LogP contribution < -0.4 is 10.6 Å². The molecule has 2 aromatic carbocycles. The molecule has 3 heterocycles. The Hall–Kier alpha value is -3.45. The number of nitrogens with zero attached hydrogens (tertiary/aromatic N) is 4. The first-order valence-corrected chi connectivity index (χ1v) is 10.4. The number of nitrogens with one attached hydrogen (secondary N) is 2. The molecule has 0 spiro atoms. The van der Waals surface area contributed by atoms with Gasteiger partial charge >= 0.3 is 0 Å². The minimum Gasteiger partial charge on any atom is -0.368 e. The van der Waals surface area contributed by atoms with Gasteiger partial charge in [0.1, 0.15) is 12.1 Å². The van der Waals surface area contributed by atoms with Gasteiger partial charge in [-0.15, -0.1) is 11.3 Å². The molecule has 0 saturated heterocycles. The Kier molecular flexibility index (Phi) is 4.57. The maximum absolute atomic E-state index is 4.66. The second-order valence-electron chi connectivity index (χ2n) is 6.84. The van der Waals surface area contributed by atoms with Crippen molar-refractivity contribution in [2.75, 3.05) is 17.2 Å². The van der Waals surface area contributed by atoms with Gasteiger partial charge in [0, 0.05) is 19.3 Å². The van der Waals surface area contributed by atoms with Crippen molar-refractivity contribution < 1.29 is 0 Å². The zero-order valence-corrected chi connectivity index (χ0v) is 16.8. The van der Waals surface area contributed by atoms with E-state index in [-0.39, 0.29) is 0 Å². The van der Waals surface area contributed by atoms with Crippen molar-refractivity contribution in [1.82, 2.24) is 19.5 Å². The van der Waals surface area contributed by atoms with Crippen molar-refractivity contribution in [2.45, 2.75) is 6.42 Å². The molecule has 6 nitrogen and oxygen atoms in total. The molecule has 0 aliphatic carbocycles. The molecule has 0 amide bonds. The number of imidazole rings is 1. The fourth-order valence-corrected chi connectivity index (χ4v) is 4.19. The SMILES string of the molecule is Cn1c(Nc2ccc(CCNc3ncnc4ccsc34)cc2)nc2ccccc21. The van der Waals surface area contributed by atoms with Crippen LogP contribution in [0.1, 0.15) is 5.56 Å². The van der Waals surface area contributed by atoms with E-state index in [0.29, 0.717) is 0 Å². The monoisotopic (exact) mass is 400 g/mol. The Balaban J connectivity index is 1.23. The van der Waals surface area contributed by atoms with E-state index in [2.05, 4.69) is 60.5 Å². The highest BCUT2D eigenvalue weighted by Crippen LogP contribution is 2.25. The van der Waals surface area contributed by atoms with E-state index < -0.39 is 0 Å². The number of rotatable bonds is 6. The molecule has 7 heteroatoms. The van der Waals surface area contributed by atoms with Gasteiger partial charge in [-0.2, -0.15) is 0 Å². The van der Waals surface area contributed by atoms with Crippen molar-refractivity contribution >= 4 is 50.0 Å². The lowest BCUT2D eigenvalue weighted by Crippen LogP contribution is -2.06. The van der Waals surface area contributed by atoms with E-state index >= 15 is 0 Å². The molecule has 144 valence electrons. The number of para-hydroxylation sites is 2. The second kappa shape index (κ2) is 7.52. The van der Waals surface area contributed by atoms with Crippen LogP contribution in [0.15, 0.2) is 66.3 Å². The maximum Gasteiger partial charge on any atom is 0.208 e. The van der Waals surface area contributed by atoms with Gasteiger partial charge < -0.3 is 15.2 Å². The van der Waals surface area contributed by atoms with Gasteiger partial charge in [-0.05, 0) is 47.7 Å².